The van der Waals surface area contributed by atoms with Crippen LogP contribution in [0.1, 0.15) is 62.3 Å². The Bertz CT molecular complexity index is 657. The molecule has 3 rings (SSSR count). The van der Waals surface area contributed by atoms with Crippen LogP contribution in [-0.4, -0.2) is 57.0 Å². The number of hydrogen-bond donors (Lipinski definition) is 3. The molecule has 30 heavy (non-hydrogen) atoms. The molecule has 0 bridgehead atoms. The lowest BCUT2D eigenvalue weighted by Crippen LogP contribution is -2.46. The van der Waals surface area contributed by atoms with Crippen molar-refractivity contribution in [2.75, 3.05) is 40.3 Å². The molecule has 7 heteroatoms. The maximum atomic E-state index is 12.1. The van der Waals surface area contributed by atoms with Crippen LogP contribution in [0.25, 0.3) is 0 Å². The van der Waals surface area contributed by atoms with E-state index in [0.29, 0.717) is 37.4 Å². The van der Waals surface area contributed by atoms with Gasteiger partial charge in [-0.3, -0.25) is 14.7 Å². The number of rotatable bonds is 8. The SMILES string of the molecule is CN=C(NCCNC(=O)CC1CCCCC1)NCC1CCCN(C)C1c1cccs1. The van der Waals surface area contributed by atoms with Gasteiger partial charge in [-0.05, 0) is 62.6 Å². The van der Waals surface area contributed by atoms with E-state index in [0.717, 1.165) is 19.0 Å². The zero-order valence-corrected chi connectivity index (χ0v) is 19.5. The first-order valence-corrected chi connectivity index (χ1v) is 12.5. The summed E-state index contributed by atoms with van der Waals surface area (Å²) >= 11 is 1.85. The van der Waals surface area contributed by atoms with Crippen LogP contribution in [0.4, 0.5) is 0 Å². The molecule has 2 aliphatic rings. The van der Waals surface area contributed by atoms with Crippen LogP contribution in [0.5, 0.6) is 0 Å². The van der Waals surface area contributed by atoms with E-state index in [4.69, 9.17) is 0 Å². The van der Waals surface area contributed by atoms with Crippen molar-refractivity contribution in [2.24, 2.45) is 16.8 Å². The Hall–Kier alpha value is -1.60. The van der Waals surface area contributed by atoms with Crippen LogP contribution in [0.15, 0.2) is 22.5 Å². The zero-order valence-electron chi connectivity index (χ0n) is 18.7. The van der Waals surface area contributed by atoms with Gasteiger partial charge in [-0.15, -0.1) is 11.3 Å². The minimum atomic E-state index is 0.190. The molecule has 0 aromatic carbocycles. The van der Waals surface area contributed by atoms with Crippen molar-refractivity contribution in [2.45, 2.75) is 57.4 Å². The predicted molar refractivity (Wildman–Crippen MR) is 126 cm³/mol. The summed E-state index contributed by atoms with van der Waals surface area (Å²) in [6, 6.07) is 4.88. The molecule has 3 N–H and O–H groups in total. The van der Waals surface area contributed by atoms with Gasteiger partial charge in [0.05, 0.1) is 0 Å². The fourth-order valence-electron chi connectivity index (χ4n) is 4.94. The quantitative estimate of drug-likeness (QED) is 0.334. The molecular weight excluding hydrogens is 394 g/mol. The number of nitrogens with zero attached hydrogens (tertiary/aromatic N) is 2. The van der Waals surface area contributed by atoms with E-state index < -0.39 is 0 Å². The second-order valence-corrected chi connectivity index (χ2v) is 9.76. The van der Waals surface area contributed by atoms with Crippen LogP contribution in [0.3, 0.4) is 0 Å². The lowest BCUT2D eigenvalue weighted by atomic mass is 9.87. The molecule has 2 unspecified atom stereocenters. The van der Waals surface area contributed by atoms with Crippen LogP contribution in [0, 0.1) is 11.8 Å². The third-order valence-corrected chi connectivity index (χ3v) is 7.48. The van der Waals surface area contributed by atoms with Gasteiger partial charge in [-0.25, -0.2) is 0 Å². The largest absolute Gasteiger partial charge is 0.356 e. The number of piperidine rings is 1. The molecule has 2 atom stereocenters. The summed E-state index contributed by atoms with van der Waals surface area (Å²) in [4.78, 5) is 20.4. The maximum absolute atomic E-state index is 12.1. The molecular formula is C23H39N5OS. The second kappa shape index (κ2) is 12.3. The number of carbonyl (C=O) groups excluding carboxylic acids is 1. The smallest absolute Gasteiger partial charge is 0.220 e. The van der Waals surface area contributed by atoms with Crippen LogP contribution in [-0.2, 0) is 4.79 Å². The van der Waals surface area contributed by atoms with Gasteiger partial charge in [0.15, 0.2) is 5.96 Å². The Labute approximate surface area is 185 Å². The molecule has 1 aliphatic heterocycles. The van der Waals surface area contributed by atoms with E-state index in [1.165, 1.54) is 49.8 Å². The first kappa shape index (κ1) is 23.1. The van der Waals surface area contributed by atoms with E-state index in [2.05, 4.69) is 50.4 Å². The summed E-state index contributed by atoms with van der Waals surface area (Å²) < 4.78 is 0. The van der Waals surface area contributed by atoms with E-state index in [1.807, 2.05) is 11.3 Å². The fraction of sp³-hybridized carbons (Fsp3) is 0.739. The Morgan fingerprint density at radius 3 is 2.67 bits per heavy atom. The minimum absolute atomic E-state index is 0.190. The average molecular weight is 434 g/mol. The predicted octanol–water partition coefficient (Wildman–Crippen LogP) is 3.38. The summed E-state index contributed by atoms with van der Waals surface area (Å²) in [5, 5.41) is 12.1. The Kier molecular flexibility index (Phi) is 9.46. The van der Waals surface area contributed by atoms with E-state index in [1.54, 1.807) is 7.05 Å². The van der Waals surface area contributed by atoms with Crippen LogP contribution >= 0.6 is 11.3 Å². The Morgan fingerprint density at radius 2 is 1.93 bits per heavy atom. The molecule has 2 heterocycles. The lowest BCUT2D eigenvalue weighted by molar-refractivity contribution is -0.122. The highest BCUT2D eigenvalue weighted by Crippen LogP contribution is 2.36. The van der Waals surface area contributed by atoms with Gasteiger partial charge in [-0.2, -0.15) is 0 Å². The van der Waals surface area contributed by atoms with Gasteiger partial charge in [0.2, 0.25) is 5.91 Å². The second-order valence-electron chi connectivity index (χ2n) is 8.78. The van der Waals surface area contributed by atoms with Crippen molar-refractivity contribution in [3.8, 4) is 0 Å². The van der Waals surface area contributed by atoms with Crippen LogP contribution in [0.2, 0.25) is 0 Å². The van der Waals surface area contributed by atoms with E-state index in [-0.39, 0.29) is 5.91 Å². The molecule has 1 saturated carbocycles. The maximum Gasteiger partial charge on any atom is 0.220 e. The van der Waals surface area contributed by atoms with Gasteiger partial charge in [0.1, 0.15) is 0 Å². The number of hydrogen-bond acceptors (Lipinski definition) is 4. The van der Waals surface area contributed by atoms with Crippen molar-refractivity contribution >= 4 is 23.2 Å². The number of nitrogens with one attached hydrogen (secondary N) is 3. The van der Waals surface area contributed by atoms with Gasteiger partial charge < -0.3 is 16.0 Å². The molecule has 1 aliphatic carbocycles. The fourth-order valence-corrected chi connectivity index (χ4v) is 5.92. The third kappa shape index (κ3) is 6.98. The highest BCUT2D eigenvalue weighted by molar-refractivity contribution is 7.10. The Balaban J connectivity index is 1.36. The monoisotopic (exact) mass is 433 g/mol. The molecule has 0 spiro atoms. The van der Waals surface area contributed by atoms with Crippen molar-refractivity contribution in [3.63, 3.8) is 0 Å². The lowest BCUT2D eigenvalue weighted by Gasteiger charge is -2.39. The molecule has 1 saturated heterocycles. The normalized spacial score (nSPS) is 23.9. The molecule has 6 nitrogen and oxygen atoms in total. The van der Waals surface area contributed by atoms with Gasteiger partial charge >= 0.3 is 0 Å². The van der Waals surface area contributed by atoms with E-state index >= 15 is 0 Å². The van der Waals surface area contributed by atoms with Crippen molar-refractivity contribution < 1.29 is 4.79 Å². The van der Waals surface area contributed by atoms with Crippen molar-refractivity contribution in [1.29, 1.82) is 0 Å². The van der Waals surface area contributed by atoms with Gasteiger partial charge in [0.25, 0.3) is 0 Å². The molecule has 2 fully saturated rings. The number of guanidine groups is 1. The zero-order chi connectivity index (χ0) is 21.2. The van der Waals surface area contributed by atoms with Crippen molar-refractivity contribution in [3.05, 3.63) is 22.4 Å². The summed E-state index contributed by atoms with van der Waals surface area (Å²) in [5.74, 6) is 2.16. The highest BCUT2D eigenvalue weighted by atomic mass is 32.1. The number of aliphatic imine (C=N–C) groups is 1. The molecule has 1 aromatic rings. The first-order valence-electron chi connectivity index (χ1n) is 11.6. The molecule has 0 radical (unpaired) electrons. The molecule has 1 aromatic heterocycles. The number of thiophene rings is 1. The Morgan fingerprint density at radius 1 is 1.13 bits per heavy atom. The molecule has 1 amide bonds. The van der Waals surface area contributed by atoms with E-state index in [9.17, 15) is 4.79 Å². The van der Waals surface area contributed by atoms with Gasteiger partial charge in [-0.1, -0.05) is 25.3 Å². The first-order chi connectivity index (χ1) is 14.7. The summed E-state index contributed by atoms with van der Waals surface area (Å²) in [5.41, 5.74) is 0. The number of amides is 1. The third-order valence-electron chi connectivity index (χ3n) is 6.54. The minimum Gasteiger partial charge on any atom is -0.356 e. The number of likely N-dealkylation sites (tertiary alicyclic amines) is 1. The number of carbonyl (C=O) groups is 1. The van der Waals surface area contributed by atoms with Crippen molar-refractivity contribution in [1.82, 2.24) is 20.9 Å². The topological polar surface area (TPSA) is 68.8 Å². The highest BCUT2D eigenvalue weighted by Gasteiger charge is 2.31. The average Bonchev–Trinajstić information content (AvgIpc) is 3.28. The molecule has 168 valence electrons. The summed E-state index contributed by atoms with van der Waals surface area (Å²) in [6.07, 6.45) is 9.48. The van der Waals surface area contributed by atoms with Crippen LogP contribution < -0.4 is 16.0 Å². The standard InChI is InChI=1S/C23H39N5OS/c1-24-23(26-13-12-25-21(29)16-18-8-4-3-5-9-18)27-17-19-10-6-14-28(2)22(19)20-11-7-15-30-20/h7,11,15,18-19,22H,3-6,8-10,12-14,16-17H2,1-2H3,(H,25,29)(H2,24,26,27). The summed E-state index contributed by atoms with van der Waals surface area (Å²) in [7, 11) is 4.04. The summed E-state index contributed by atoms with van der Waals surface area (Å²) in [6.45, 7) is 3.39. The van der Waals surface area contributed by atoms with Gasteiger partial charge in [0, 0.05) is 44.0 Å².